The average Bonchev–Trinajstić information content (AvgIpc) is 3.66. The second-order valence-electron chi connectivity index (χ2n) is 15.0. The molecule has 0 N–H and O–H groups in total. The van der Waals surface area contributed by atoms with Crippen LogP contribution in [-0.4, -0.2) is 18.9 Å². The zero-order chi connectivity index (χ0) is 38.6. The molecule has 0 fully saturated rings. The van der Waals surface area contributed by atoms with E-state index in [9.17, 15) is 9.90 Å². The van der Waals surface area contributed by atoms with Gasteiger partial charge in [0, 0.05) is 42.8 Å². The number of thiazole rings is 1. The number of rotatable bonds is 21. The van der Waals surface area contributed by atoms with Gasteiger partial charge in [-0.15, -0.1) is 0 Å². The molecule has 5 rings (SSSR count). The normalized spacial score (nSPS) is 15.4. The number of allylic oxidation sites excluding steroid dienone is 3. The molecule has 0 saturated carbocycles. The first-order valence-electron chi connectivity index (χ1n) is 20.6. The molecular weight excluding hydrogens is 687 g/mol. The van der Waals surface area contributed by atoms with Crippen molar-refractivity contribution in [3.8, 4) is 0 Å². The Morgan fingerprint density at radius 2 is 1.26 bits per heavy atom. The van der Waals surface area contributed by atoms with Crippen LogP contribution in [-0.2, 0) is 11.3 Å². The Morgan fingerprint density at radius 3 is 1.81 bits per heavy atom. The van der Waals surface area contributed by atoms with Gasteiger partial charge >= 0.3 is 0 Å². The van der Waals surface area contributed by atoms with Crippen molar-refractivity contribution in [2.75, 3.05) is 22.9 Å². The second kappa shape index (κ2) is 19.8. The Balaban J connectivity index is 1.42. The van der Waals surface area contributed by atoms with E-state index in [-0.39, 0.29) is 22.7 Å². The second-order valence-corrected chi connectivity index (χ2v) is 16.1. The van der Waals surface area contributed by atoms with Gasteiger partial charge < -0.3 is 14.9 Å². The fraction of sp³-hybridized carbons (Fsp3) is 0.522. The minimum Gasteiger partial charge on any atom is -0.871 e. The Hall–Kier alpha value is -4.40. The van der Waals surface area contributed by atoms with Crippen molar-refractivity contribution in [3.05, 3.63) is 92.0 Å². The van der Waals surface area contributed by atoms with Gasteiger partial charge in [0.2, 0.25) is 5.52 Å². The predicted octanol–water partition coefficient (Wildman–Crippen LogP) is 12.0. The molecule has 0 bridgehead atoms. The molecule has 0 radical (unpaired) electrons. The minimum absolute atomic E-state index is 0.196. The maximum Gasteiger partial charge on any atom is 0.263 e. The van der Waals surface area contributed by atoms with E-state index in [2.05, 4.69) is 63.9 Å². The maximum absolute atomic E-state index is 13.9. The molecule has 1 aliphatic carbocycles. The van der Waals surface area contributed by atoms with E-state index < -0.39 is 0 Å². The lowest BCUT2D eigenvalue weighted by molar-refractivity contribution is -0.669. The maximum atomic E-state index is 13.9. The van der Waals surface area contributed by atoms with Crippen molar-refractivity contribution in [2.24, 2.45) is 0 Å². The summed E-state index contributed by atoms with van der Waals surface area (Å²) in [4.78, 5) is 25.4. The first-order chi connectivity index (χ1) is 26.3. The van der Waals surface area contributed by atoms with Gasteiger partial charge in [-0.2, -0.15) is 4.57 Å². The number of Topliss-reactive ketones (excluding diaryl/α,β-unsaturated/α-hetero) is 1. The average molecular weight is 746 g/mol. The molecule has 0 saturated heterocycles. The van der Waals surface area contributed by atoms with Crippen molar-refractivity contribution in [1.82, 2.24) is 0 Å². The molecule has 54 heavy (non-hydrogen) atoms. The molecule has 7 nitrogen and oxygen atoms in total. The topological polar surface area (TPSA) is 59.2 Å². The van der Waals surface area contributed by atoms with Gasteiger partial charge in [-0.05, 0) is 69.0 Å². The van der Waals surface area contributed by atoms with E-state index in [4.69, 9.17) is 13.1 Å². The number of benzene rings is 2. The molecule has 3 aromatic rings. The number of ketones is 1. The zero-order valence-electron chi connectivity index (χ0n) is 33.4. The van der Waals surface area contributed by atoms with E-state index in [1.54, 1.807) is 29.5 Å². The smallest absolute Gasteiger partial charge is 0.263 e. The van der Waals surface area contributed by atoms with Gasteiger partial charge in [-0.1, -0.05) is 114 Å². The number of aryl methyl sites for hydroxylation is 3. The van der Waals surface area contributed by atoms with Crippen LogP contribution in [0.2, 0.25) is 0 Å². The molecule has 0 atom stereocenters. The third-order valence-corrected chi connectivity index (χ3v) is 12.2. The molecule has 0 spiro atoms. The Bertz CT molecular complexity index is 1990. The predicted molar refractivity (Wildman–Crippen MR) is 224 cm³/mol. The number of nitrogens with zero attached hydrogens (tertiary/aromatic N) is 5. The lowest BCUT2D eigenvalue weighted by Gasteiger charge is -2.31. The fourth-order valence-electron chi connectivity index (χ4n) is 7.73. The monoisotopic (exact) mass is 745 g/mol. The van der Waals surface area contributed by atoms with E-state index in [0.29, 0.717) is 24.5 Å². The van der Waals surface area contributed by atoms with E-state index in [0.717, 1.165) is 48.0 Å². The van der Waals surface area contributed by atoms with Crippen molar-refractivity contribution < 1.29 is 14.5 Å². The molecule has 0 unspecified atom stereocenters. The van der Waals surface area contributed by atoms with Crippen LogP contribution in [0.15, 0.2) is 53.1 Å². The van der Waals surface area contributed by atoms with Crippen LogP contribution in [0.5, 0.6) is 0 Å². The molecule has 8 heteroatoms. The van der Waals surface area contributed by atoms with Crippen molar-refractivity contribution >= 4 is 56.2 Å². The van der Waals surface area contributed by atoms with E-state index in [1.807, 2.05) is 13.0 Å². The molecule has 1 aliphatic heterocycles. The number of aromatic nitrogens is 1. The van der Waals surface area contributed by atoms with Gasteiger partial charge in [0.1, 0.15) is 10.5 Å². The lowest BCUT2D eigenvalue weighted by Crippen LogP contribution is -2.36. The summed E-state index contributed by atoms with van der Waals surface area (Å²) in [6.45, 7) is 28.4. The highest BCUT2D eigenvalue weighted by Gasteiger charge is 2.35. The Labute approximate surface area is 328 Å². The number of anilines is 2. The highest BCUT2D eigenvalue weighted by molar-refractivity contribution is 7.18. The molecule has 2 aromatic carbocycles. The minimum atomic E-state index is -0.223. The highest BCUT2D eigenvalue weighted by Crippen LogP contribution is 2.48. The Kier molecular flexibility index (Phi) is 14.9. The summed E-state index contributed by atoms with van der Waals surface area (Å²) >= 11 is 1.65. The highest BCUT2D eigenvalue weighted by atomic mass is 32.1. The number of hydrogen-bond donors (Lipinski definition) is 0. The summed E-state index contributed by atoms with van der Waals surface area (Å²) in [5.74, 6) is 0.319. The van der Waals surface area contributed by atoms with E-state index in [1.165, 1.54) is 105 Å². The van der Waals surface area contributed by atoms with Gasteiger partial charge in [-0.3, -0.25) is 14.5 Å². The quantitative estimate of drug-likeness (QED) is 0.0471. The first kappa shape index (κ1) is 40.8. The van der Waals surface area contributed by atoms with Gasteiger partial charge in [0.15, 0.2) is 23.7 Å². The SMILES string of the molecule is [C-]#[N+]c1cc2c(cc1[N+]#[C-])N(CCCCCCCCCC)/C(=C\C1=C([O-])C(=Cc3sc4cc(C)c(C)cc4[n+]3CCCCCCCCCC)C1=O)N2CC. The molecule has 2 heterocycles. The molecule has 0 amide bonds. The number of carbonyl (C=O) groups is 1. The first-order valence-corrected chi connectivity index (χ1v) is 21.4. The van der Waals surface area contributed by atoms with Gasteiger partial charge in [0.05, 0.1) is 24.5 Å². The third-order valence-electron chi connectivity index (χ3n) is 11.1. The molecule has 286 valence electrons. The summed E-state index contributed by atoms with van der Waals surface area (Å²) < 4.78 is 3.49. The standard InChI is InChI=1S/C46H59N5O2S/c1-8-11-13-15-17-19-21-23-25-50-40-32-38(48-7)37(47-6)31-39(40)49(10-3)43(50)29-35-45(52)36(46(35)53)30-44-51(26-24-22-20-18-16-14-12-9-2)41-27-33(4)34(5)28-42(41)54-44/h27-32H,8-26H2,1-5H3. The van der Waals surface area contributed by atoms with Crippen LogP contribution in [0.3, 0.4) is 0 Å². The summed E-state index contributed by atoms with van der Waals surface area (Å²) in [7, 11) is 0. The summed E-state index contributed by atoms with van der Waals surface area (Å²) in [5, 5.41) is 14.8. The van der Waals surface area contributed by atoms with Crippen LogP contribution < -0.4 is 19.5 Å². The van der Waals surface area contributed by atoms with E-state index >= 15 is 0 Å². The van der Waals surface area contributed by atoms with Crippen molar-refractivity contribution in [2.45, 2.75) is 144 Å². The van der Waals surface area contributed by atoms with Crippen LogP contribution in [0.1, 0.15) is 140 Å². The molecule has 2 aliphatic rings. The van der Waals surface area contributed by atoms with Crippen LogP contribution >= 0.6 is 11.3 Å². The third kappa shape index (κ3) is 9.27. The van der Waals surface area contributed by atoms with Crippen LogP contribution in [0.4, 0.5) is 22.7 Å². The number of unbranched alkanes of at least 4 members (excludes halogenated alkanes) is 14. The number of fused-ring (bicyclic) bond motifs is 2. The Morgan fingerprint density at radius 1 is 0.722 bits per heavy atom. The zero-order valence-corrected chi connectivity index (χ0v) is 34.2. The summed E-state index contributed by atoms with van der Waals surface area (Å²) in [6, 6.07) is 8.07. The number of hydrogen-bond acceptors (Lipinski definition) is 5. The summed E-state index contributed by atoms with van der Waals surface area (Å²) in [6.07, 6.45) is 23.1. The van der Waals surface area contributed by atoms with Crippen LogP contribution in [0, 0.1) is 27.0 Å². The molecular formula is C46H59N5O2S. The summed E-state index contributed by atoms with van der Waals surface area (Å²) in [5.41, 5.74) is 6.42. The van der Waals surface area contributed by atoms with Crippen LogP contribution in [0.25, 0.3) is 26.0 Å². The number of carbonyl (C=O) groups excluding carboxylic acids is 1. The van der Waals surface area contributed by atoms with Gasteiger partial charge in [0.25, 0.3) is 5.01 Å². The van der Waals surface area contributed by atoms with Gasteiger partial charge in [-0.25, -0.2) is 0 Å². The fourth-order valence-corrected chi connectivity index (χ4v) is 8.94. The largest absolute Gasteiger partial charge is 0.871 e. The lowest BCUT2D eigenvalue weighted by atomic mass is 9.87. The van der Waals surface area contributed by atoms with Crippen molar-refractivity contribution in [3.63, 3.8) is 0 Å². The van der Waals surface area contributed by atoms with Crippen molar-refractivity contribution in [1.29, 1.82) is 0 Å². The molecule has 1 aromatic heterocycles.